The number of nitrogens with one attached hydrogen (secondary N) is 1. The van der Waals surface area contributed by atoms with Gasteiger partial charge in [0.2, 0.25) is 0 Å². The summed E-state index contributed by atoms with van der Waals surface area (Å²) in [5.74, 6) is -0.250. The van der Waals surface area contributed by atoms with E-state index in [-0.39, 0.29) is 16.8 Å². The van der Waals surface area contributed by atoms with E-state index in [0.29, 0.717) is 12.1 Å². The zero-order valence-corrected chi connectivity index (χ0v) is 15.9. The topological polar surface area (TPSA) is 66.5 Å². The van der Waals surface area contributed by atoms with Crippen molar-refractivity contribution < 1.29 is 13.2 Å². The second kappa shape index (κ2) is 7.60. The predicted molar refractivity (Wildman–Crippen MR) is 102 cm³/mol. The molecule has 6 heteroatoms. The van der Waals surface area contributed by atoms with Crippen LogP contribution in [-0.2, 0) is 22.8 Å². The fourth-order valence-electron chi connectivity index (χ4n) is 3.23. The van der Waals surface area contributed by atoms with E-state index in [1.54, 1.807) is 12.1 Å². The maximum atomic E-state index is 12.4. The minimum absolute atomic E-state index is 0.158. The predicted octanol–water partition coefficient (Wildman–Crippen LogP) is 2.27. The van der Waals surface area contributed by atoms with Gasteiger partial charge in [0.15, 0.2) is 9.84 Å². The summed E-state index contributed by atoms with van der Waals surface area (Å²) in [6, 6.07) is 14.8. The van der Waals surface area contributed by atoms with Crippen LogP contribution in [0.25, 0.3) is 0 Å². The summed E-state index contributed by atoms with van der Waals surface area (Å²) in [5, 5.41) is 2.92. The van der Waals surface area contributed by atoms with Gasteiger partial charge in [0.25, 0.3) is 5.91 Å². The van der Waals surface area contributed by atoms with Gasteiger partial charge in [-0.25, -0.2) is 8.42 Å². The van der Waals surface area contributed by atoms with Crippen molar-refractivity contribution >= 4 is 15.7 Å². The van der Waals surface area contributed by atoms with E-state index in [4.69, 9.17) is 0 Å². The molecule has 0 aliphatic carbocycles. The highest BCUT2D eigenvalue weighted by molar-refractivity contribution is 7.90. The number of hydrogen-bond acceptors (Lipinski definition) is 4. The van der Waals surface area contributed by atoms with Gasteiger partial charge in [-0.05, 0) is 42.7 Å². The Morgan fingerprint density at radius 1 is 1.15 bits per heavy atom. The molecule has 2 aromatic rings. The average Bonchev–Trinajstić information content (AvgIpc) is 2.64. The van der Waals surface area contributed by atoms with Crippen LogP contribution >= 0.6 is 0 Å². The second-order valence-corrected chi connectivity index (χ2v) is 8.86. The molecule has 0 spiro atoms. The summed E-state index contributed by atoms with van der Waals surface area (Å²) in [6.07, 6.45) is 2.16. The summed E-state index contributed by atoms with van der Waals surface area (Å²) in [5.41, 5.74) is 3.11. The van der Waals surface area contributed by atoms with E-state index in [0.717, 1.165) is 25.8 Å². The van der Waals surface area contributed by atoms with Crippen LogP contribution in [0.4, 0.5) is 0 Å². The van der Waals surface area contributed by atoms with Crippen LogP contribution in [0.3, 0.4) is 0 Å². The Hall–Kier alpha value is -2.18. The SMILES string of the molecule is CC(CNC(=O)c1cccc(S(C)(=O)=O)c1)N1CCc2ccccc2C1. The van der Waals surface area contributed by atoms with E-state index < -0.39 is 9.84 Å². The lowest BCUT2D eigenvalue weighted by Crippen LogP contribution is -2.44. The van der Waals surface area contributed by atoms with Crippen molar-refractivity contribution in [2.75, 3.05) is 19.3 Å². The van der Waals surface area contributed by atoms with E-state index in [2.05, 4.69) is 41.4 Å². The Labute approximate surface area is 154 Å². The van der Waals surface area contributed by atoms with Crippen molar-refractivity contribution in [2.45, 2.75) is 30.8 Å². The third-order valence-electron chi connectivity index (χ3n) is 4.87. The van der Waals surface area contributed by atoms with Crippen molar-refractivity contribution in [2.24, 2.45) is 0 Å². The zero-order valence-electron chi connectivity index (χ0n) is 15.1. The first-order chi connectivity index (χ1) is 12.3. The molecule has 1 unspecified atom stereocenters. The van der Waals surface area contributed by atoms with Gasteiger partial charge in [-0.1, -0.05) is 30.3 Å². The molecule has 1 N–H and O–H groups in total. The first-order valence-corrected chi connectivity index (χ1v) is 10.6. The molecule has 0 saturated heterocycles. The minimum Gasteiger partial charge on any atom is -0.350 e. The lowest BCUT2D eigenvalue weighted by Gasteiger charge is -2.33. The van der Waals surface area contributed by atoms with Gasteiger partial charge < -0.3 is 5.32 Å². The van der Waals surface area contributed by atoms with Gasteiger partial charge in [-0.3, -0.25) is 9.69 Å². The van der Waals surface area contributed by atoms with Crippen LogP contribution in [0.1, 0.15) is 28.4 Å². The van der Waals surface area contributed by atoms with Gasteiger partial charge in [0.05, 0.1) is 4.90 Å². The Bertz CT molecular complexity index is 909. The largest absolute Gasteiger partial charge is 0.350 e. The molecule has 1 amide bonds. The normalized spacial score (nSPS) is 15.9. The number of nitrogens with zero attached hydrogens (tertiary/aromatic N) is 1. The Morgan fingerprint density at radius 2 is 1.88 bits per heavy atom. The molecule has 0 aromatic heterocycles. The van der Waals surface area contributed by atoms with Gasteiger partial charge in [-0.2, -0.15) is 0 Å². The third-order valence-corrected chi connectivity index (χ3v) is 5.98. The van der Waals surface area contributed by atoms with Crippen molar-refractivity contribution in [3.63, 3.8) is 0 Å². The standard InChI is InChI=1S/C20H24N2O3S/c1-15(22-11-10-16-6-3-4-7-18(16)14-22)13-21-20(23)17-8-5-9-19(12-17)26(2,24)25/h3-9,12,15H,10-11,13-14H2,1-2H3,(H,21,23). The highest BCUT2D eigenvalue weighted by Gasteiger charge is 2.21. The Balaban J connectivity index is 1.60. The summed E-state index contributed by atoms with van der Waals surface area (Å²) >= 11 is 0. The lowest BCUT2D eigenvalue weighted by molar-refractivity contribution is 0.0932. The first-order valence-electron chi connectivity index (χ1n) is 8.74. The first kappa shape index (κ1) is 18.6. The molecule has 0 fully saturated rings. The van der Waals surface area contributed by atoms with E-state index >= 15 is 0 Å². The van der Waals surface area contributed by atoms with Crippen molar-refractivity contribution in [1.82, 2.24) is 10.2 Å². The summed E-state index contributed by atoms with van der Waals surface area (Å²) in [7, 11) is -3.32. The van der Waals surface area contributed by atoms with Gasteiger partial charge >= 0.3 is 0 Å². The number of benzene rings is 2. The molecular weight excluding hydrogens is 348 g/mol. The molecule has 2 aromatic carbocycles. The van der Waals surface area contributed by atoms with Crippen LogP contribution in [0.15, 0.2) is 53.4 Å². The molecule has 1 heterocycles. The molecule has 1 aliphatic rings. The quantitative estimate of drug-likeness (QED) is 0.874. The molecular formula is C20H24N2O3S. The molecule has 0 bridgehead atoms. The van der Waals surface area contributed by atoms with Crippen LogP contribution < -0.4 is 5.32 Å². The van der Waals surface area contributed by atoms with E-state index in [9.17, 15) is 13.2 Å². The second-order valence-electron chi connectivity index (χ2n) is 6.85. The fourth-order valence-corrected chi connectivity index (χ4v) is 3.90. The fraction of sp³-hybridized carbons (Fsp3) is 0.350. The van der Waals surface area contributed by atoms with Gasteiger partial charge in [-0.15, -0.1) is 0 Å². The summed E-state index contributed by atoms with van der Waals surface area (Å²) < 4.78 is 23.3. The number of rotatable bonds is 5. The Morgan fingerprint density at radius 3 is 2.62 bits per heavy atom. The third kappa shape index (κ3) is 4.31. The number of fused-ring (bicyclic) bond motifs is 1. The van der Waals surface area contributed by atoms with Crippen LogP contribution in [-0.4, -0.2) is 44.6 Å². The highest BCUT2D eigenvalue weighted by Crippen LogP contribution is 2.20. The number of sulfone groups is 1. The van der Waals surface area contributed by atoms with Gasteiger partial charge in [0.1, 0.15) is 0 Å². The average molecular weight is 372 g/mol. The molecule has 3 rings (SSSR count). The summed E-state index contributed by atoms with van der Waals surface area (Å²) in [4.78, 5) is 14.9. The van der Waals surface area contributed by atoms with Crippen molar-refractivity contribution in [3.05, 3.63) is 65.2 Å². The molecule has 1 aliphatic heterocycles. The smallest absolute Gasteiger partial charge is 0.251 e. The maximum Gasteiger partial charge on any atom is 0.251 e. The molecule has 5 nitrogen and oxygen atoms in total. The highest BCUT2D eigenvalue weighted by atomic mass is 32.2. The van der Waals surface area contributed by atoms with Crippen LogP contribution in [0, 0.1) is 0 Å². The summed E-state index contributed by atoms with van der Waals surface area (Å²) in [6.45, 7) is 4.47. The van der Waals surface area contributed by atoms with Crippen molar-refractivity contribution in [3.8, 4) is 0 Å². The molecule has 138 valence electrons. The van der Waals surface area contributed by atoms with E-state index in [1.807, 2.05) is 0 Å². The number of hydrogen-bond donors (Lipinski definition) is 1. The number of amides is 1. The van der Waals surface area contributed by atoms with E-state index in [1.165, 1.54) is 23.3 Å². The molecule has 0 saturated carbocycles. The monoisotopic (exact) mass is 372 g/mol. The van der Waals surface area contributed by atoms with Crippen LogP contribution in [0.5, 0.6) is 0 Å². The minimum atomic E-state index is -3.32. The number of carbonyl (C=O) groups excluding carboxylic acids is 1. The maximum absolute atomic E-state index is 12.4. The van der Waals surface area contributed by atoms with Crippen molar-refractivity contribution in [1.29, 1.82) is 0 Å². The molecule has 26 heavy (non-hydrogen) atoms. The Kier molecular flexibility index (Phi) is 5.44. The lowest BCUT2D eigenvalue weighted by atomic mass is 9.99. The van der Waals surface area contributed by atoms with Crippen LogP contribution in [0.2, 0.25) is 0 Å². The molecule has 0 radical (unpaired) electrons. The molecule has 1 atom stereocenters. The number of carbonyl (C=O) groups is 1. The zero-order chi connectivity index (χ0) is 18.7. The van der Waals surface area contributed by atoms with Gasteiger partial charge in [0, 0.05) is 37.5 Å².